The maximum atomic E-state index is 12.4. The number of hydrogen-bond acceptors (Lipinski definition) is 3. The fourth-order valence-corrected chi connectivity index (χ4v) is 4.63. The van der Waals surface area contributed by atoms with Gasteiger partial charge in [0.25, 0.3) is 0 Å². The molecular weight excluding hydrogens is 228 g/mol. The average Bonchev–Trinajstić information content (AvgIpc) is 3.04. The van der Waals surface area contributed by atoms with Crippen LogP contribution < -0.4 is 0 Å². The predicted molar refractivity (Wildman–Crippen MR) is 66.8 cm³/mol. The van der Waals surface area contributed by atoms with Crippen molar-refractivity contribution >= 4 is 12.1 Å². The summed E-state index contributed by atoms with van der Waals surface area (Å²) in [5.41, 5.74) is -0.992. The van der Waals surface area contributed by atoms with Gasteiger partial charge >= 0.3 is 0 Å². The van der Waals surface area contributed by atoms with Crippen LogP contribution in [0.4, 0.5) is 0 Å². The summed E-state index contributed by atoms with van der Waals surface area (Å²) >= 11 is 0. The van der Waals surface area contributed by atoms with E-state index < -0.39 is 16.9 Å². The second kappa shape index (κ2) is 3.13. The van der Waals surface area contributed by atoms with E-state index >= 15 is 0 Å². The Bertz CT molecular complexity index is 470. The van der Waals surface area contributed by atoms with Crippen LogP contribution in [0.3, 0.4) is 0 Å². The molecule has 3 heteroatoms. The fourth-order valence-electron chi connectivity index (χ4n) is 4.63. The third-order valence-corrected chi connectivity index (χ3v) is 5.71. The van der Waals surface area contributed by atoms with E-state index in [-0.39, 0.29) is 17.1 Å². The molecule has 18 heavy (non-hydrogen) atoms. The quantitative estimate of drug-likeness (QED) is 0.569. The van der Waals surface area contributed by atoms with Gasteiger partial charge in [0.2, 0.25) is 0 Å². The van der Waals surface area contributed by atoms with Gasteiger partial charge in [0.15, 0.2) is 0 Å². The summed E-state index contributed by atoms with van der Waals surface area (Å²) in [5, 5.41) is 11.0. The van der Waals surface area contributed by atoms with Crippen LogP contribution in [0.5, 0.6) is 0 Å². The van der Waals surface area contributed by atoms with Gasteiger partial charge in [-0.15, -0.1) is 0 Å². The van der Waals surface area contributed by atoms with E-state index in [1.807, 2.05) is 19.9 Å². The van der Waals surface area contributed by atoms with Gasteiger partial charge in [-0.1, -0.05) is 18.6 Å². The van der Waals surface area contributed by atoms with Gasteiger partial charge < -0.3 is 9.90 Å². The molecule has 0 saturated heterocycles. The van der Waals surface area contributed by atoms with Crippen LogP contribution in [0, 0.1) is 22.7 Å². The minimum absolute atomic E-state index is 0.0575. The number of allylic oxidation sites excluding steroid dienone is 1. The third kappa shape index (κ3) is 1.09. The van der Waals surface area contributed by atoms with Crippen LogP contribution in [-0.4, -0.2) is 22.8 Å². The van der Waals surface area contributed by atoms with Crippen LogP contribution in [0.25, 0.3) is 0 Å². The standard InChI is InChI=1S/C15H20O3/c1-9-6-14(8-16)7-10(2)15(4-5-15)13(3,18)12(14)11(9)17/h7-9,12,18H,4-6H2,1-3H3/t9-,12-,13+,14+/m0/s1. The average molecular weight is 248 g/mol. The van der Waals surface area contributed by atoms with Crippen molar-refractivity contribution in [1.82, 2.24) is 0 Å². The molecule has 0 aromatic rings. The molecule has 0 amide bonds. The van der Waals surface area contributed by atoms with E-state index in [0.717, 1.165) is 24.7 Å². The third-order valence-electron chi connectivity index (χ3n) is 5.71. The lowest BCUT2D eigenvalue weighted by atomic mass is 9.58. The molecule has 0 bridgehead atoms. The molecule has 0 radical (unpaired) electrons. The number of carbonyl (C=O) groups excluding carboxylic acids is 2. The van der Waals surface area contributed by atoms with Gasteiger partial charge in [-0.05, 0) is 33.1 Å². The van der Waals surface area contributed by atoms with E-state index in [9.17, 15) is 14.7 Å². The van der Waals surface area contributed by atoms with Crippen molar-refractivity contribution in [2.24, 2.45) is 22.7 Å². The van der Waals surface area contributed by atoms with E-state index in [4.69, 9.17) is 0 Å². The number of aliphatic hydroxyl groups is 1. The molecule has 2 saturated carbocycles. The summed E-state index contributed by atoms with van der Waals surface area (Å²) in [6.45, 7) is 5.62. The molecule has 2 fully saturated rings. The number of ketones is 1. The van der Waals surface area contributed by atoms with Crippen LogP contribution >= 0.6 is 0 Å². The van der Waals surface area contributed by atoms with Crippen molar-refractivity contribution in [3.05, 3.63) is 11.6 Å². The van der Waals surface area contributed by atoms with E-state index in [1.165, 1.54) is 0 Å². The molecule has 0 aromatic heterocycles. The SMILES string of the molecule is CC1=C[C@@]2(C=O)C[C@H](C)C(=O)[C@H]2[C@@](C)(O)C12CC2. The topological polar surface area (TPSA) is 54.4 Å². The van der Waals surface area contributed by atoms with Gasteiger partial charge in [-0.25, -0.2) is 0 Å². The Morgan fingerprint density at radius 2 is 2.06 bits per heavy atom. The van der Waals surface area contributed by atoms with Gasteiger partial charge in [0, 0.05) is 11.3 Å². The molecule has 0 aromatic carbocycles. The minimum Gasteiger partial charge on any atom is -0.388 e. The lowest BCUT2D eigenvalue weighted by Crippen LogP contribution is -2.55. The molecule has 0 heterocycles. The number of aldehydes is 1. The van der Waals surface area contributed by atoms with Gasteiger partial charge in [0.05, 0.1) is 16.9 Å². The fraction of sp³-hybridized carbons (Fsp3) is 0.733. The molecule has 3 aliphatic rings. The van der Waals surface area contributed by atoms with E-state index in [0.29, 0.717) is 6.42 Å². The zero-order chi connectivity index (χ0) is 13.3. The number of hydrogen-bond donors (Lipinski definition) is 1. The lowest BCUT2D eigenvalue weighted by molar-refractivity contribution is -0.146. The molecule has 1 spiro atoms. The second-order valence-electron chi connectivity index (χ2n) is 6.73. The summed E-state index contributed by atoms with van der Waals surface area (Å²) in [5.74, 6) is -0.629. The Labute approximate surface area is 107 Å². The molecule has 3 rings (SSSR count). The van der Waals surface area contributed by atoms with Crippen molar-refractivity contribution in [2.75, 3.05) is 0 Å². The van der Waals surface area contributed by atoms with Crippen molar-refractivity contribution in [1.29, 1.82) is 0 Å². The molecule has 0 unspecified atom stereocenters. The first-order chi connectivity index (χ1) is 8.31. The maximum Gasteiger partial charge on any atom is 0.143 e. The Hall–Kier alpha value is -0.960. The molecule has 3 nitrogen and oxygen atoms in total. The molecule has 0 aliphatic heterocycles. The van der Waals surface area contributed by atoms with Crippen molar-refractivity contribution in [2.45, 2.75) is 45.6 Å². The molecule has 3 aliphatic carbocycles. The number of Topliss-reactive ketones (excluding diaryl/α,β-unsaturated/α-hetero) is 1. The summed E-state index contributed by atoms with van der Waals surface area (Å²) in [6.07, 6.45) is 5.28. The van der Waals surface area contributed by atoms with E-state index in [2.05, 4.69) is 0 Å². The number of carbonyl (C=O) groups is 2. The second-order valence-corrected chi connectivity index (χ2v) is 6.73. The van der Waals surface area contributed by atoms with Crippen LogP contribution in [-0.2, 0) is 9.59 Å². The van der Waals surface area contributed by atoms with Crippen molar-refractivity contribution < 1.29 is 14.7 Å². The van der Waals surface area contributed by atoms with E-state index in [1.54, 1.807) is 6.92 Å². The molecule has 1 N–H and O–H groups in total. The first kappa shape index (κ1) is 12.1. The van der Waals surface area contributed by atoms with Gasteiger partial charge in [-0.2, -0.15) is 0 Å². The Morgan fingerprint density at radius 3 is 2.56 bits per heavy atom. The highest BCUT2D eigenvalue weighted by molar-refractivity contribution is 5.93. The normalized spacial score (nSPS) is 48.9. The first-order valence-corrected chi connectivity index (χ1v) is 6.73. The monoisotopic (exact) mass is 248 g/mol. The summed E-state index contributed by atoms with van der Waals surface area (Å²) in [4.78, 5) is 24.0. The van der Waals surface area contributed by atoms with Crippen LogP contribution in [0.15, 0.2) is 11.6 Å². The Morgan fingerprint density at radius 1 is 1.44 bits per heavy atom. The molecular formula is C15H20O3. The molecule has 4 atom stereocenters. The van der Waals surface area contributed by atoms with Crippen LogP contribution in [0.2, 0.25) is 0 Å². The largest absolute Gasteiger partial charge is 0.388 e. The zero-order valence-electron chi connectivity index (χ0n) is 11.2. The summed E-state index contributed by atoms with van der Waals surface area (Å²) in [7, 11) is 0. The highest BCUT2D eigenvalue weighted by atomic mass is 16.3. The van der Waals surface area contributed by atoms with Crippen molar-refractivity contribution in [3.63, 3.8) is 0 Å². The number of rotatable bonds is 1. The highest BCUT2D eigenvalue weighted by Crippen LogP contribution is 2.69. The minimum atomic E-state index is -1.07. The lowest BCUT2D eigenvalue weighted by Gasteiger charge is -2.48. The zero-order valence-corrected chi connectivity index (χ0v) is 11.2. The van der Waals surface area contributed by atoms with Crippen molar-refractivity contribution in [3.8, 4) is 0 Å². The van der Waals surface area contributed by atoms with Gasteiger partial charge in [-0.3, -0.25) is 4.79 Å². The maximum absolute atomic E-state index is 12.4. The molecule has 98 valence electrons. The highest BCUT2D eigenvalue weighted by Gasteiger charge is 2.70. The Balaban J connectivity index is 2.22. The van der Waals surface area contributed by atoms with Crippen LogP contribution in [0.1, 0.15) is 40.0 Å². The summed E-state index contributed by atoms with van der Waals surface area (Å²) in [6, 6.07) is 0. The van der Waals surface area contributed by atoms with Gasteiger partial charge in [0.1, 0.15) is 12.1 Å². The first-order valence-electron chi connectivity index (χ1n) is 6.73. The Kier molecular flexibility index (Phi) is 2.10. The summed E-state index contributed by atoms with van der Waals surface area (Å²) < 4.78 is 0. The smallest absolute Gasteiger partial charge is 0.143 e. The number of fused-ring (bicyclic) bond motifs is 1. The predicted octanol–water partition coefficient (Wildman–Crippen LogP) is 1.89.